The van der Waals surface area contributed by atoms with E-state index in [0.29, 0.717) is 11.3 Å². The van der Waals surface area contributed by atoms with Gasteiger partial charge in [-0.2, -0.15) is 18.3 Å². The van der Waals surface area contributed by atoms with Gasteiger partial charge in [-0.15, -0.1) is 11.8 Å². The van der Waals surface area contributed by atoms with Crippen LogP contribution in [-0.2, 0) is 17.5 Å². The first-order chi connectivity index (χ1) is 16.1. The summed E-state index contributed by atoms with van der Waals surface area (Å²) in [6.07, 6.45) is 0.578. The first-order valence-electron chi connectivity index (χ1n) is 10.5. The number of halogens is 5. The molecule has 2 unspecified atom stereocenters. The van der Waals surface area contributed by atoms with Crippen molar-refractivity contribution >= 4 is 29.3 Å². The highest BCUT2D eigenvalue weighted by Gasteiger charge is 2.45. The first-order valence-corrected chi connectivity index (χ1v) is 11.8. The topological polar surface area (TPSA) is 59.8 Å². The number of amides is 1. The van der Waals surface area contributed by atoms with Crippen molar-refractivity contribution in [1.29, 1.82) is 0 Å². The lowest BCUT2D eigenvalue weighted by Crippen LogP contribution is -2.42. The predicted molar refractivity (Wildman–Crippen MR) is 121 cm³/mol. The van der Waals surface area contributed by atoms with E-state index in [4.69, 9.17) is 11.6 Å². The van der Waals surface area contributed by atoms with Gasteiger partial charge >= 0.3 is 6.18 Å². The monoisotopic (exact) mass is 512 g/mol. The lowest BCUT2D eigenvalue weighted by Gasteiger charge is -2.30. The number of rotatable bonds is 6. The van der Waals surface area contributed by atoms with Gasteiger partial charge in [-0.25, -0.2) is 14.1 Å². The zero-order chi connectivity index (χ0) is 24.5. The number of thioether (sulfide) groups is 1. The average molecular weight is 513 g/mol. The van der Waals surface area contributed by atoms with Gasteiger partial charge in [0, 0.05) is 28.5 Å². The maximum atomic E-state index is 13.2. The van der Waals surface area contributed by atoms with Gasteiger partial charge in [0.1, 0.15) is 11.5 Å². The molecule has 1 N–H and O–H groups in total. The number of nitrogens with one attached hydrogen (secondary N) is 1. The van der Waals surface area contributed by atoms with E-state index in [1.165, 1.54) is 22.9 Å². The fourth-order valence-corrected chi connectivity index (χ4v) is 5.55. The summed E-state index contributed by atoms with van der Waals surface area (Å²) in [6.45, 7) is 2.05. The first kappa shape index (κ1) is 24.5. The Labute approximate surface area is 202 Å². The fourth-order valence-electron chi connectivity index (χ4n) is 3.97. The van der Waals surface area contributed by atoms with Crippen molar-refractivity contribution in [2.24, 2.45) is 5.41 Å². The number of hydrogen-bond acceptors (Lipinski definition) is 4. The maximum absolute atomic E-state index is 13.2. The highest BCUT2D eigenvalue weighted by atomic mass is 35.5. The summed E-state index contributed by atoms with van der Waals surface area (Å²) >= 11 is 7.77. The van der Waals surface area contributed by atoms with Crippen LogP contribution >= 0.6 is 23.4 Å². The number of nitrogens with zero attached hydrogens (tertiary/aromatic N) is 3. The normalized spacial score (nSPS) is 20.5. The molecule has 1 aromatic carbocycles. The zero-order valence-corrected chi connectivity index (χ0v) is 19.6. The van der Waals surface area contributed by atoms with Gasteiger partial charge in [-0.05, 0) is 56.2 Å². The Kier molecular flexibility index (Phi) is 6.91. The molecular weight excluding hydrogens is 492 g/mol. The van der Waals surface area contributed by atoms with Crippen LogP contribution in [-0.4, -0.2) is 25.9 Å². The summed E-state index contributed by atoms with van der Waals surface area (Å²) in [6, 6.07) is 8.34. The van der Waals surface area contributed by atoms with E-state index in [0.717, 1.165) is 36.4 Å². The number of benzene rings is 1. The van der Waals surface area contributed by atoms with Crippen molar-refractivity contribution in [1.82, 2.24) is 20.1 Å². The molecule has 0 aliphatic heterocycles. The molecule has 0 radical (unpaired) electrons. The summed E-state index contributed by atoms with van der Waals surface area (Å²) in [5.74, 6) is -0.426. The number of aromatic nitrogens is 3. The lowest BCUT2D eigenvalue weighted by atomic mass is 9.87. The number of pyridine rings is 1. The minimum Gasteiger partial charge on any atom is -0.351 e. The molecule has 5 nitrogen and oxygen atoms in total. The highest BCUT2D eigenvalue weighted by molar-refractivity contribution is 8.00. The third-order valence-electron chi connectivity index (χ3n) is 5.96. The van der Waals surface area contributed by atoms with E-state index < -0.39 is 17.3 Å². The minimum absolute atomic E-state index is 0.0365. The molecule has 1 aliphatic carbocycles. The second-order valence-electron chi connectivity index (χ2n) is 8.34. The molecule has 1 saturated carbocycles. The Hall–Kier alpha value is -2.59. The van der Waals surface area contributed by atoms with Crippen molar-refractivity contribution in [3.05, 3.63) is 71.0 Å². The van der Waals surface area contributed by atoms with Crippen molar-refractivity contribution in [3.8, 4) is 5.69 Å². The minimum atomic E-state index is -4.53. The van der Waals surface area contributed by atoms with Crippen LogP contribution < -0.4 is 5.32 Å². The van der Waals surface area contributed by atoms with Crippen LogP contribution in [0.3, 0.4) is 0 Å². The molecule has 180 valence electrons. The SMILES string of the molecule is CC1(C(=O)NCc2cn(-c3ccc(C(F)(F)F)nc3)nc2Cl)CCCC1Sc1ccc(F)cc1. The Morgan fingerprint density at radius 3 is 2.65 bits per heavy atom. The maximum Gasteiger partial charge on any atom is 0.433 e. The van der Waals surface area contributed by atoms with E-state index in [1.54, 1.807) is 30.1 Å². The molecule has 0 saturated heterocycles. The van der Waals surface area contributed by atoms with E-state index in [9.17, 15) is 22.4 Å². The summed E-state index contributed by atoms with van der Waals surface area (Å²) in [5, 5.41) is 7.21. The number of carbonyl (C=O) groups is 1. The van der Waals surface area contributed by atoms with Crippen LogP contribution in [0, 0.1) is 11.2 Å². The molecule has 34 heavy (non-hydrogen) atoms. The van der Waals surface area contributed by atoms with Crippen LogP contribution in [0.2, 0.25) is 5.15 Å². The highest BCUT2D eigenvalue weighted by Crippen LogP contribution is 2.47. The number of hydrogen-bond donors (Lipinski definition) is 1. The van der Waals surface area contributed by atoms with Gasteiger partial charge in [0.05, 0.1) is 17.3 Å². The lowest BCUT2D eigenvalue weighted by molar-refractivity contribution is -0.141. The van der Waals surface area contributed by atoms with E-state index >= 15 is 0 Å². The Balaban J connectivity index is 1.42. The van der Waals surface area contributed by atoms with E-state index in [-0.39, 0.29) is 28.7 Å². The Morgan fingerprint density at radius 2 is 2.00 bits per heavy atom. The molecular formula is C23H21ClF4N4OS. The molecule has 2 atom stereocenters. The van der Waals surface area contributed by atoms with Crippen LogP contribution in [0.15, 0.2) is 53.7 Å². The predicted octanol–water partition coefficient (Wildman–Crippen LogP) is 6.05. The zero-order valence-electron chi connectivity index (χ0n) is 18.1. The van der Waals surface area contributed by atoms with Gasteiger partial charge < -0.3 is 5.32 Å². The fraction of sp³-hybridized carbons (Fsp3) is 0.348. The molecule has 3 aromatic rings. The van der Waals surface area contributed by atoms with Crippen molar-refractivity contribution in [2.75, 3.05) is 0 Å². The summed E-state index contributed by atoms with van der Waals surface area (Å²) in [5.41, 5.74) is -0.774. The average Bonchev–Trinajstić information content (AvgIpc) is 3.36. The largest absolute Gasteiger partial charge is 0.433 e. The molecule has 1 fully saturated rings. The second kappa shape index (κ2) is 9.58. The van der Waals surface area contributed by atoms with Crippen LogP contribution in [0.5, 0.6) is 0 Å². The Morgan fingerprint density at radius 1 is 1.26 bits per heavy atom. The van der Waals surface area contributed by atoms with Gasteiger partial charge in [0.15, 0.2) is 5.15 Å². The summed E-state index contributed by atoms with van der Waals surface area (Å²) in [4.78, 5) is 17.5. The number of carbonyl (C=O) groups excluding carboxylic acids is 1. The van der Waals surface area contributed by atoms with Crippen molar-refractivity contribution < 1.29 is 22.4 Å². The van der Waals surface area contributed by atoms with Crippen molar-refractivity contribution in [3.63, 3.8) is 0 Å². The van der Waals surface area contributed by atoms with Gasteiger partial charge in [0.25, 0.3) is 0 Å². The van der Waals surface area contributed by atoms with Crippen molar-refractivity contribution in [2.45, 2.75) is 49.1 Å². The standard InChI is InChI=1S/C23H21ClF4N4OS/c1-22(10-2-3-19(22)34-17-7-4-15(25)5-8-17)21(33)30-11-14-13-32(31-20(14)24)16-6-9-18(29-12-16)23(26,27)28/h4-9,12-13,19H,2-3,10-11H2,1H3,(H,30,33). The molecule has 2 aromatic heterocycles. The quantitative estimate of drug-likeness (QED) is 0.409. The molecule has 0 bridgehead atoms. The van der Waals surface area contributed by atoms with Gasteiger partial charge in [0.2, 0.25) is 5.91 Å². The summed E-state index contributed by atoms with van der Waals surface area (Å²) in [7, 11) is 0. The van der Waals surface area contributed by atoms with E-state index in [2.05, 4.69) is 15.4 Å². The Bertz CT molecular complexity index is 1170. The van der Waals surface area contributed by atoms with E-state index in [1.807, 2.05) is 6.92 Å². The molecule has 1 aliphatic rings. The third kappa shape index (κ3) is 5.22. The molecule has 11 heteroatoms. The smallest absolute Gasteiger partial charge is 0.351 e. The molecule has 0 spiro atoms. The van der Waals surface area contributed by atoms with Crippen LogP contribution in [0.1, 0.15) is 37.4 Å². The molecule has 1 amide bonds. The van der Waals surface area contributed by atoms with Gasteiger partial charge in [-0.3, -0.25) is 4.79 Å². The number of alkyl halides is 3. The van der Waals surface area contributed by atoms with Gasteiger partial charge in [-0.1, -0.05) is 18.0 Å². The summed E-state index contributed by atoms with van der Waals surface area (Å²) < 4.78 is 52.7. The molecule has 4 rings (SSSR count). The van der Waals surface area contributed by atoms with Crippen LogP contribution in [0.25, 0.3) is 5.69 Å². The van der Waals surface area contributed by atoms with Crippen LogP contribution in [0.4, 0.5) is 17.6 Å². The third-order valence-corrected chi connectivity index (χ3v) is 7.87. The molecule has 2 heterocycles. The second-order valence-corrected chi connectivity index (χ2v) is 9.98.